The van der Waals surface area contributed by atoms with Crippen LogP contribution >= 0.6 is 35.4 Å². The molecule has 1 aromatic heterocycles. The molecule has 0 bridgehead atoms. The molecule has 0 saturated carbocycles. The molecule has 1 aromatic carbocycles. The number of halogens is 2. The summed E-state index contributed by atoms with van der Waals surface area (Å²) in [6, 6.07) is 9.32. The van der Waals surface area contributed by atoms with Crippen LogP contribution in [0.2, 0.25) is 10.0 Å². The Kier molecular flexibility index (Phi) is 8.30. The predicted molar refractivity (Wildman–Crippen MR) is 119 cm³/mol. The second kappa shape index (κ2) is 10.9. The molecule has 2 aromatic rings. The fourth-order valence-corrected chi connectivity index (χ4v) is 3.66. The van der Waals surface area contributed by atoms with E-state index in [0.29, 0.717) is 27.4 Å². The van der Waals surface area contributed by atoms with Crippen molar-refractivity contribution < 1.29 is 4.74 Å². The molecule has 0 radical (unpaired) electrons. The van der Waals surface area contributed by atoms with Gasteiger partial charge in [0.05, 0.1) is 23.9 Å². The van der Waals surface area contributed by atoms with E-state index in [-0.39, 0.29) is 0 Å². The normalized spacial score (nSPS) is 14.6. The Balaban J connectivity index is 1.63. The first-order chi connectivity index (χ1) is 13.6. The highest BCUT2D eigenvalue weighted by molar-refractivity contribution is 7.80. The van der Waals surface area contributed by atoms with Gasteiger partial charge in [0.2, 0.25) is 0 Å². The second-order valence-electron chi connectivity index (χ2n) is 6.64. The van der Waals surface area contributed by atoms with Gasteiger partial charge in [0.25, 0.3) is 0 Å². The van der Waals surface area contributed by atoms with Crippen LogP contribution in [-0.4, -0.2) is 59.3 Å². The monoisotopic (exact) mass is 438 g/mol. The first kappa shape index (κ1) is 21.3. The van der Waals surface area contributed by atoms with Crippen LogP contribution in [0.5, 0.6) is 0 Å². The molecule has 3 rings (SSSR count). The first-order valence-corrected chi connectivity index (χ1v) is 10.5. The molecule has 0 unspecified atom stereocenters. The zero-order valence-electron chi connectivity index (χ0n) is 15.6. The summed E-state index contributed by atoms with van der Waals surface area (Å²) >= 11 is 18.1. The smallest absolute Gasteiger partial charge is 0.173 e. The molecule has 1 aliphatic heterocycles. The van der Waals surface area contributed by atoms with Gasteiger partial charge in [-0.2, -0.15) is 0 Å². The second-order valence-corrected chi connectivity index (χ2v) is 7.87. The van der Waals surface area contributed by atoms with Crippen LogP contribution in [0.1, 0.15) is 12.0 Å². The van der Waals surface area contributed by atoms with Gasteiger partial charge in [-0.05, 0) is 54.5 Å². The Hall–Kier alpha value is -1.44. The van der Waals surface area contributed by atoms with Gasteiger partial charge in [-0.3, -0.25) is 9.88 Å². The fourth-order valence-electron chi connectivity index (χ4n) is 3.06. The van der Waals surface area contributed by atoms with Crippen molar-refractivity contribution in [1.82, 2.24) is 14.8 Å². The number of nitrogens with one attached hydrogen (secondary N) is 1. The number of pyridine rings is 1. The molecule has 28 heavy (non-hydrogen) atoms. The Morgan fingerprint density at radius 2 is 1.93 bits per heavy atom. The minimum atomic E-state index is 0.587. The highest BCUT2D eigenvalue weighted by Crippen LogP contribution is 2.26. The average molecular weight is 439 g/mol. The summed E-state index contributed by atoms with van der Waals surface area (Å²) in [6.07, 6.45) is 4.60. The average Bonchev–Trinajstić information content (AvgIpc) is 2.71. The molecule has 8 heteroatoms. The van der Waals surface area contributed by atoms with Crippen molar-refractivity contribution in [3.05, 3.63) is 58.3 Å². The first-order valence-electron chi connectivity index (χ1n) is 9.32. The summed E-state index contributed by atoms with van der Waals surface area (Å²) < 4.78 is 5.42. The summed E-state index contributed by atoms with van der Waals surface area (Å²) in [5.74, 6) is 0. The van der Waals surface area contributed by atoms with Crippen molar-refractivity contribution >= 4 is 46.2 Å². The van der Waals surface area contributed by atoms with E-state index in [1.54, 1.807) is 30.6 Å². The number of aromatic nitrogens is 1. The van der Waals surface area contributed by atoms with Crippen molar-refractivity contribution in [3.63, 3.8) is 0 Å². The van der Waals surface area contributed by atoms with Crippen LogP contribution in [0.15, 0.2) is 42.7 Å². The number of rotatable bonds is 7. The van der Waals surface area contributed by atoms with Gasteiger partial charge in [0.1, 0.15) is 0 Å². The van der Waals surface area contributed by atoms with Crippen molar-refractivity contribution in [3.8, 4) is 0 Å². The summed E-state index contributed by atoms with van der Waals surface area (Å²) in [5, 5.41) is 5.08. The maximum atomic E-state index is 6.29. The van der Waals surface area contributed by atoms with Crippen molar-refractivity contribution in [2.45, 2.75) is 13.0 Å². The molecule has 1 aliphatic rings. The van der Waals surface area contributed by atoms with Crippen LogP contribution in [-0.2, 0) is 11.3 Å². The van der Waals surface area contributed by atoms with Gasteiger partial charge >= 0.3 is 0 Å². The molecule has 0 atom stereocenters. The molecule has 2 heterocycles. The molecule has 5 nitrogen and oxygen atoms in total. The van der Waals surface area contributed by atoms with Crippen molar-refractivity contribution in [2.24, 2.45) is 0 Å². The van der Waals surface area contributed by atoms with E-state index >= 15 is 0 Å². The van der Waals surface area contributed by atoms with Crippen LogP contribution < -0.4 is 5.32 Å². The van der Waals surface area contributed by atoms with Gasteiger partial charge in [-0.25, -0.2) is 0 Å². The molecular weight excluding hydrogens is 415 g/mol. The molecule has 0 spiro atoms. The van der Waals surface area contributed by atoms with E-state index in [1.165, 1.54) is 0 Å². The molecule has 1 N–H and O–H groups in total. The third-order valence-corrected chi connectivity index (χ3v) is 5.51. The summed E-state index contributed by atoms with van der Waals surface area (Å²) in [6.45, 7) is 6.17. The molecular formula is C20H24Cl2N4OS. The van der Waals surface area contributed by atoms with E-state index in [0.717, 1.165) is 51.4 Å². The lowest BCUT2D eigenvalue weighted by molar-refractivity contribution is 0.0368. The zero-order chi connectivity index (χ0) is 19.8. The zero-order valence-corrected chi connectivity index (χ0v) is 17.9. The lowest BCUT2D eigenvalue weighted by Gasteiger charge is -2.29. The third kappa shape index (κ3) is 6.57. The Labute approximate surface area is 181 Å². The van der Waals surface area contributed by atoms with Crippen LogP contribution in [0.25, 0.3) is 0 Å². The minimum absolute atomic E-state index is 0.587. The molecule has 0 amide bonds. The number of thiocarbonyl (C=S) groups is 1. The lowest BCUT2D eigenvalue weighted by Crippen LogP contribution is -2.40. The summed E-state index contributed by atoms with van der Waals surface area (Å²) in [5.41, 5.74) is 1.87. The number of benzene rings is 1. The number of hydrogen-bond donors (Lipinski definition) is 1. The van der Waals surface area contributed by atoms with Gasteiger partial charge in [0, 0.05) is 50.1 Å². The molecule has 0 aliphatic carbocycles. The SMILES string of the molecule is S=C(Nc1cc(Cl)ccc1Cl)N(CCCN1CCOCC1)Cc1ccncc1. The predicted octanol–water partition coefficient (Wildman–Crippen LogP) is 4.31. The highest BCUT2D eigenvalue weighted by atomic mass is 35.5. The van der Waals surface area contributed by atoms with E-state index in [9.17, 15) is 0 Å². The standard InChI is InChI=1S/C20H24Cl2N4OS/c21-17-2-3-18(22)19(14-17)24-20(28)26(15-16-4-6-23-7-5-16)9-1-8-25-10-12-27-13-11-25/h2-7,14H,1,8-13,15H2,(H,24,28). The van der Waals surface area contributed by atoms with E-state index in [2.05, 4.69) is 20.1 Å². The summed E-state index contributed by atoms with van der Waals surface area (Å²) in [4.78, 5) is 8.68. The van der Waals surface area contributed by atoms with Gasteiger partial charge in [0.15, 0.2) is 5.11 Å². The molecule has 150 valence electrons. The van der Waals surface area contributed by atoms with Crippen LogP contribution in [0, 0.1) is 0 Å². The minimum Gasteiger partial charge on any atom is -0.379 e. The van der Waals surface area contributed by atoms with E-state index < -0.39 is 0 Å². The molecule has 1 saturated heterocycles. The highest BCUT2D eigenvalue weighted by Gasteiger charge is 2.15. The number of hydrogen-bond acceptors (Lipinski definition) is 4. The largest absolute Gasteiger partial charge is 0.379 e. The summed E-state index contributed by atoms with van der Waals surface area (Å²) in [7, 11) is 0. The number of morpholine rings is 1. The maximum Gasteiger partial charge on any atom is 0.173 e. The quantitative estimate of drug-likeness (QED) is 0.649. The Morgan fingerprint density at radius 1 is 1.18 bits per heavy atom. The topological polar surface area (TPSA) is 40.6 Å². The Bertz CT molecular complexity index is 772. The van der Waals surface area contributed by atoms with Gasteiger partial charge in [-0.1, -0.05) is 23.2 Å². The third-order valence-electron chi connectivity index (χ3n) is 4.59. The van der Waals surface area contributed by atoms with Gasteiger partial charge in [-0.15, -0.1) is 0 Å². The van der Waals surface area contributed by atoms with Crippen molar-refractivity contribution in [1.29, 1.82) is 0 Å². The Morgan fingerprint density at radius 3 is 2.68 bits per heavy atom. The van der Waals surface area contributed by atoms with Crippen LogP contribution in [0.4, 0.5) is 5.69 Å². The van der Waals surface area contributed by atoms with Gasteiger partial charge < -0.3 is 15.0 Å². The van der Waals surface area contributed by atoms with Crippen LogP contribution in [0.3, 0.4) is 0 Å². The van der Waals surface area contributed by atoms with Crippen molar-refractivity contribution in [2.75, 3.05) is 44.7 Å². The number of nitrogens with zero attached hydrogens (tertiary/aromatic N) is 3. The lowest BCUT2D eigenvalue weighted by atomic mass is 10.2. The van der Waals surface area contributed by atoms with E-state index in [1.807, 2.05) is 12.1 Å². The number of anilines is 1. The number of ether oxygens (including phenoxy) is 1. The van der Waals surface area contributed by atoms with E-state index in [4.69, 9.17) is 40.2 Å². The maximum absolute atomic E-state index is 6.29. The molecule has 1 fully saturated rings. The fraction of sp³-hybridized carbons (Fsp3) is 0.400.